The van der Waals surface area contributed by atoms with E-state index in [9.17, 15) is 4.79 Å². The molecule has 0 spiro atoms. The number of carbonyl (C=O) groups is 1. The van der Waals surface area contributed by atoms with Crippen LogP contribution in [0, 0.1) is 5.92 Å². The summed E-state index contributed by atoms with van der Waals surface area (Å²) in [6.07, 6.45) is 1.14. The molecule has 29 heavy (non-hydrogen) atoms. The molecule has 3 N–H and O–H groups in total. The highest BCUT2D eigenvalue weighted by Gasteiger charge is 2.40. The van der Waals surface area contributed by atoms with Gasteiger partial charge in [0.2, 0.25) is 0 Å². The summed E-state index contributed by atoms with van der Waals surface area (Å²) in [7, 11) is 0. The average Bonchev–Trinajstić information content (AvgIpc) is 3.26. The molecule has 2 aliphatic heterocycles. The predicted octanol–water partition coefficient (Wildman–Crippen LogP) is 3.58. The second-order valence-electron chi connectivity index (χ2n) is 8.00. The number of nitrogens with zero attached hydrogens (tertiary/aromatic N) is 1. The first kappa shape index (κ1) is 19.9. The molecule has 1 fully saturated rings. The fraction of sp³-hybridized carbons (Fsp3) is 0.458. The van der Waals surface area contributed by atoms with Gasteiger partial charge in [0.25, 0.3) is 5.91 Å². The molecule has 0 aliphatic carbocycles. The zero-order valence-corrected chi connectivity index (χ0v) is 17.4. The van der Waals surface area contributed by atoms with Gasteiger partial charge < -0.3 is 20.9 Å². The number of rotatable bonds is 7. The third-order valence-electron chi connectivity index (χ3n) is 6.42. The van der Waals surface area contributed by atoms with Crippen molar-refractivity contribution in [3.8, 4) is 0 Å². The largest absolute Gasteiger partial charge is 0.378 e. The molecule has 5 heteroatoms. The molecule has 0 saturated carbocycles. The summed E-state index contributed by atoms with van der Waals surface area (Å²) < 4.78 is 0. The Bertz CT molecular complexity index is 834. The van der Waals surface area contributed by atoms with E-state index in [2.05, 4.69) is 77.2 Å². The summed E-state index contributed by atoms with van der Waals surface area (Å²) in [5.41, 5.74) is 4.43. The number of nitrogens with one attached hydrogen (secondary N) is 3. The van der Waals surface area contributed by atoms with E-state index in [1.807, 2.05) is 6.07 Å². The Labute approximate surface area is 173 Å². The monoisotopic (exact) mass is 392 g/mol. The van der Waals surface area contributed by atoms with Crippen molar-refractivity contribution in [3.63, 3.8) is 0 Å². The quantitative estimate of drug-likeness (QED) is 0.674. The van der Waals surface area contributed by atoms with Crippen molar-refractivity contribution in [1.29, 1.82) is 0 Å². The molecule has 1 saturated heterocycles. The minimum Gasteiger partial charge on any atom is -0.378 e. The summed E-state index contributed by atoms with van der Waals surface area (Å²) in [5, 5.41) is 10.5. The molecule has 2 aromatic rings. The Morgan fingerprint density at radius 1 is 1.10 bits per heavy atom. The van der Waals surface area contributed by atoms with Crippen LogP contribution in [-0.2, 0) is 0 Å². The highest BCUT2D eigenvalue weighted by Crippen LogP contribution is 2.47. The maximum absolute atomic E-state index is 12.7. The molecule has 4 rings (SSSR count). The Morgan fingerprint density at radius 3 is 2.66 bits per heavy atom. The van der Waals surface area contributed by atoms with Crippen molar-refractivity contribution < 1.29 is 4.79 Å². The van der Waals surface area contributed by atoms with Gasteiger partial charge in [0, 0.05) is 36.3 Å². The molecular weight excluding hydrogens is 360 g/mol. The van der Waals surface area contributed by atoms with Gasteiger partial charge in [-0.05, 0) is 55.4 Å². The van der Waals surface area contributed by atoms with Crippen LogP contribution in [0.5, 0.6) is 0 Å². The van der Waals surface area contributed by atoms with E-state index in [0.29, 0.717) is 24.5 Å². The molecule has 5 nitrogen and oxygen atoms in total. The van der Waals surface area contributed by atoms with Crippen LogP contribution in [-0.4, -0.2) is 43.5 Å². The number of likely N-dealkylation sites (N-methyl/N-ethyl adjacent to an activating group) is 1. The van der Waals surface area contributed by atoms with Gasteiger partial charge in [-0.15, -0.1) is 0 Å². The number of hydrogen-bond donors (Lipinski definition) is 3. The summed E-state index contributed by atoms with van der Waals surface area (Å²) >= 11 is 0. The Hall–Kier alpha value is -2.37. The van der Waals surface area contributed by atoms with Gasteiger partial charge in [-0.1, -0.05) is 44.2 Å². The van der Waals surface area contributed by atoms with Crippen molar-refractivity contribution >= 4 is 11.6 Å². The number of anilines is 1. The van der Waals surface area contributed by atoms with Gasteiger partial charge in [-0.25, -0.2) is 0 Å². The van der Waals surface area contributed by atoms with Gasteiger partial charge in [-0.3, -0.25) is 4.79 Å². The second kappa shape index (κ2) is 8.97. The van der Waals surface area contributed by atoms with Crippen LogP contribution in [0.3, 0.4) is 0 Å². The lowest BCUT2D eigenvalue weighted by Gasteiger charge is -2.37. The van der Waals surface area contributed by atoms with Gasteiger partial charge in [-0.2, -0.15) is 0 Å². The molecule has 3 atom stereocenters. The van der Waals surface area contributed by atoms with Crippen LogP contribution in [0.2, 0.25) is 0 Å². The smallest absolute Gasteiger partial charge is 0.251 e. The van der Waals surface area contributed by atoms with Crippen LogP contribution in [0.4, 0.5) is 5.69 Å². The van der Waals surface area contributed by atoms with Crippen LogP contribution >= 0.6 is 0 Å². The SMILES string of the molecule is CCN(CC)CCNC(=O)c1ccc2c(c1)[C@H]1NCC[C@H]1C(c1ccccc1)N2. The van der Waals surface area contributed by atoms with Crippen molar-refractivity contribution in [3.05, 3.63) is 65.2 Å². The predicted molar refractivity (Wildman–Crippen MR) is 118 cm³/mol. The number of amides is 1. The molecule has 2 heterocycles. The highest BCUT2D eigenvalue weighted by atomic mass is 16.1. The summed E-state index contributed by atoms with van der Waals surface area (Å²) in [4.78, 5) is 15.0. The van der Waals surface area contributed by atoms with E-state index in [-0.39, 0.29) is 5.91 Å². The summed E-state index contributed by atoms with van der Waals surface area (Å²) in [5.74, 6) is 0.505. The Balaban J connectivity index is 1.50. The van der Waals surface area contributed by atoms with E-state index in [4.69, 9.17) is 0 Å². The molecule has 154 valence electrons. The average molecular weight is 393 g/mol. The first-order chi connectivity index (χ1) is 14.2. The summed E-state index contributed by atoms with van der Waals surface area (Å²) in [6, 6.07) is 17.4. The first-order valence-electron chi connectivity index (χ1n) is 10.9. The van der Waals surface area contributed by atoms with Crippen molar-refractivity contribution in [2.24, 2.45) is 5.92 Å². The molecule has 2 aliphatic rings. The molecule has 2 aromatic carbocycles. The Kier molecular flexibility index (Phi) is 6.16. The molecule has 0 radical (unpaired) electrons. The fourth-order valence-electron chi connectivity index (χ4n) is 4.75. The van der Waals surface area contributed by atoms with Gasteiger partial charge in [0.1, 0.15) is 0 Å². The molecule has 1 amide bonds. The number of benzene rings is 2. The van der Waals surface area contributed by atoms with Crippen LogP contribution in [0.1, 0.15) is 53.8 Å². The highest BCUT2D eigenvalue weighted by molar-refractivity contribution is 5.95. The number of carbonyl (C=O) groups excluding carboxylic acids is 1. The molecule has 0 bridgehead atoms. The van der Waals surface area contributed by atoms with Gasteiger partial charge >= 0.3 is 0 Å². The van der Waals surface area contributed by atoms with E-state index in [1.165, 1.54) is 11.1 Å². The lowest BCUT2D eigenvalue weighted by molar-refractivity contribution is 0.0948. The molecule has 0 aromatic heterocycles. The second-order valence-corrected chi connectivity index (χ2v) is 8.00. The van der Waals surface area contributed by atoms with E-state index in [1.54, 1.807) is 0 Å². The Morgan fingerprint density at radius 2 is 1.90 bits per heavy atom. The topological polar surface area (TPSA) is 56.4 Å². The third-order valence-corrected chi connectivity index (χ3v) is 6.42. The van der Waals surface area contributed by atoms with Crippen LogP contribution in [0.25, 0.3) is 0 Å². The van der Waals surface area contributed by atoms with Crippen LogP contribution in [0.15, 0.2) is 48.5 Å². The lowest BCUT2D eigenvalue weighted by Crippen LogP contribution is -2.35. The zero-order valence-electron chi connectivity index (χ0n) is 17.4. The van der Waals surface area contributed by atoms with Crippen molar-refractivity contribution in [2.45, 2.75) is 32.4 Å². The van der Waals surface area contributed by atoms with E-state index < -0.39 is 0 Å². The number of hydrogen-bond acceptors (Lipinski definition) is 4. The number of fused-ring (bicyclic) bond motifs is 3. The lowest BCUT2D eigenvalue weighted by atomic mass is 9.80. The zero-order chi connectivity index (χ0) is 20.2. The third kappa shape index (κ3) is 4.16. The standard InChI is InChI=1S/C24H32N4O/c1-3-28(4-2)15-14-26-24(29)18-10-11-21-20(16-18)23-19(12-13-25-23)22(27-21)17-8-6-5-7-9-17/h5-11,16,19,22-23,25,27H,3-4,12-15H2,1-2H3,(H,26,29)/t19-,22?,23-/m0/s1. The maximum atomic E-state index is 12.7. The maximum Gasteiger partial charge on any atom is 0.251 e. The molecule has 1 unspecified atom stereocenters. The minimum absolute atomic E-state index is 0.0136. The van der Waals surface area contributed by atoms with Gasteiger partial charge in [0.15, 0.2) is 0 Å². The minimum atomic E-state index is 0.0136. The van der Waals surface area contributed by atoms with E-state index >= 15 is 0 Å². The fourth-order valence-corrected chi connectivity index (χ4v) is 4.75. The first-order valence-corrected chi connectivity index (χ1v) is 10.9. The van der Waals surface area contributed by atoms with E-state index in [0.717, 1.165) is 43.9 Å². The normalized spacial score (nSPS) is 22.7. The summed E-state index contributed by atoms with van der Waals surface area (Å²) in [6.45, 7) is 8.89. The van der Waals surface area contributed by atoms with Crippen molar-refractivity contribution in [2.75, 3.05) is 38.0 Å². The van der Waals surface area contributed by atoms with Gasteiger partial charge in [0.05, 0.1) is 6.04 Å². The van der Waals surface area contributed by atoms with Crippen LogP contribution < -0.4 is 16.0 Å². The van der Waals surface area contributed by atoms with Crippen molar-refractivity contribution in [1.82, 2.24) is 15.5 Å². The molecular formula is C24H32N4O.